The van der Waals surface area contributed by atoms with Gasteiger partial charge in [-0.25, -0.2) is 13.1 Å². The Kier molecular flexibility index (Phi) is 7.24. The Hall–Kier alpha value is -1.16. The van der Waals surface area contributed by atoms with Gasteiger partial charge in [-0.3, -0.25) is 0 Å². The first kappa shape index (κ1) is 22.5. The molecule has 1 aromatic rings. The number of alkyl halides is 3. The number of halogens is 3. The summed E-state index contributed by atoms with van der Waals surface area (Å²) in [6, 6.07) is 5.37. The molecule has 3 rings (SSSR count). The molecule has 0 radical (unpaired) electrons. The zero-order valence-corrected chi connectivity index (χ0v) is 17.4. The van der Waals surface area contributed by atoms with Crippen LogP contribution in [0.2, 0.25) is 0 Å². The molecule has 1 heterocycles. The first-order valence-electron chi connectivity index (χ1n) is 10.1. The van der Waals surface area contributed by atoms with Gasteiger partial charge in [-0.1, -0.05) is 18.2 Å². The first-order valence-corrected chi connectivity index (χ1v) is 12.0. The largest absolute Gasteiger partial charge is 0.416 e. The van der Waals surface area contributed by atoms with E-state index in [-0.39, 0.29) is 24.1 Å². The SMILES string of the molecule is CS(=O)(=O)N[C@H]1CCCN[C@H]1CO[C@H]1CC[C@@H](c2cccc(C(F)(F)F)c2)CC1. The van der Waals surface area contributed by atoms with E-state index in [1.54, 1.807) is 6.07 Å². The highest BCUT2D eigenvalue weighted by Gasteiger charge is 2.32. The molecule has 0 unspecified atom stereocenters. The van der Waals surface area contributed by atoms with Gasteiger partial charge in [0.2, 0.25) is 10.0 Å². The Morgan fingerprint density at radius 3 is 2.55 bits per heavy atom. The molecule has 1 aliphatic heterocycles. The van der Waals surface area contributed by atoms with Crippen LogP contribution in [0.15, 0.2) is 24.3 Å². The van der Waals surface area contributed by atoms with E-state index in [0.717, 1.165) is 63.0 Å². The van der Waals surface area contributed by atoms with Crippen LogP contribution in [0.1, 0.15) is 55.6 Å². The molecular weight excluding hydrogens is 405 g/mol. The highest BCUT2D eigenvalue weighted by atomic mass is 32.2. The van der Waals surface area contributed by atoms with Crippen molar-refractivity contribution in [2.45, 2.75) is 68.8 Å². The number of rotatable bonds is 6. The van der Waals surface area contributed by atoms with Crippen molar-refractivity contribution in [2.24, 2.45) is 0 Å². The van der Waals surface area contributed by atoms with Crippen LogP contribution in [0.4, 0.5) is 13.2 Å². The zero-order valence-electron chi connectivity index (χ0n) is 16.5. The minimum atomic E-state index is -4.32. The molecule has 2 N–H and O–H groups in total. The summed E-state index contributed by atoms with van der Waals surface area (Å²) in [6.07, 6.45) is 1.73. The Bertz CT molecular complexity index is 777. The van der Waals surface area contributed by atoms with E-state index in [2.05, 4.69) is 10.0 Å². The minimum absolute atomic E-state index is 0.0552. The van der Waals surface area contributed by atoms with Gasteiger partial charge in [-0.05, 0) is 62.6 Å². The molecule has 5 nitrogen and oxygen atoms in total. The third kappa shape index (κ3) is 6.67. The molecule has 29 heavy (non-hydrogen) atoms. The smallest absolute Gasteiger partial charge is 0.377 e. The highest BCUT2D eigenvalue weighted by molar-refractivity contribution is 7.88. The standard InChI is InChI=1S/C20H29F3N2O3S/c1-29(26,27)25-18-6-3-11-24-19(18)13-28-17-9-7-14(8-10-17)15-4-2-5-16(12-15)20(21,22)23/h2,4-5,12,14,17-19,24-25H,3,6-11,13H2,1H3/t14-,17+,18-,19-/m0/s1. The summed E-state index contributed by atoms with van der Waals surface area (Å²) in [4.78, 5) is 0. The fourth-order valence-corrected chi connectivity index (χ4v) is 5.15. The molecule has 0 aromatic heterocycles. The summed E-state index contributed by atoms with van der Waals surface area (Å²) < 4.78 is 70.7. The summed E-state index contributed by atoms with van der Waals surface area (Å²) in [5, 5.41) is 3.33. The average Bonchev–Trinajstić information content (AvgIpc) is 2.66. The maximum atomic E-state index is 12.9. The Labute approximate surface area is 170 Å². The summed E-state index contributed by atoms with van der Waals surface area (Å²) in [6.45, 7) is 1.25. The molecule has 0 bridgehead atoms. The van der Waals surface area contributed by atoms with Gasteiger partial charge >= 0.3 is 6.18 Å². The molecule has 0 spiro atoms. The Balaban J connectivity index is 1.50. The number of hydrogen-bond donors (Lipinski definition) is 2. The van der Waals surface area contributed by atoms with Crippen LogP contribution in [0.3, 0.4) is 0 Å². The molecule has 2 aliphatic rings. The fourth-order valence-electron chi connectivity index (χ4n) is 4.32. The predicted molar refractivity (Wildman–Crippen MR) is 105 cm³/mol. The van der Waals surface area contributed by atoms with Gasteiger partial charge in [0, 0.05) is 12.1 Å². The van der Waals surface area contributed by atoms with Gasteiger partial charge in [0.1, 0.15) is 0 Å². The maximum Gasteiger partial charge on any atom is 0.416 e. The number of sulfonamides is 1. The van der Waals surface area contributed by atoms with Crippen molar-refractivity contribution in [3.05, 3.63) is 35.4 Å². The van der Waals surface area contributed by atoms with Crippen LogP contribution in [0.25, 0.3) is 0 Å². The summed E-state index contributed by atoms with van der Waals surface area (Å²) in [7, 11) is -3.28. The number of benzene rings is 1. The van der Waals surface area contributed by atoms with Crippen LogP contribution in [0, 0.1) is 0 Å². The molecule has 9 heteroatoms. The maximum absolute atomic E-state index is 12.9. The first-order chi connectivity index (χ1) is 13.6. The van der Waals surface area contributed by atoms with Crippen molar-refractivity contribution < 1.29 is 26.3 Å². The van der Waals surface area contributed by atoms with Crippen LogP contribution in [-0.4, -0.2) is 46.0 Å². The van der Waals surface area contributed by atoms with Crippen molar-refractivity contribution >= 4 is 10.0 Å². The second kappa shape index (κ2) is 9.32. The van der Waals surface area contributed by atoms with Crippen molar-refractivity contribution in [1.82, 2.24) is 10.0 Å². The number of piperidine rings is 1. The van der Waals surface area contributed by atoms with Crippen molar-refractivity contribution in [1.29, 1.82) is 0 Å². The number of nitrogens with one attached hydrogen (secondary N) is 2. The summed E-state index contributed by atoms with van der Waals surface area (Å²) in [5.41, 5.74) is 0.144. The van der Waals surface area contributed by atoms with Gasteiger partial charge in [0.15, 0.2) is 0 Å². The molecule has 164 valence electrons. The molecule has 2 fully saturated rings. The van der Waals surface area contributed by atoms with Crippen molar-refractivity contribution in [3.63, 3.8) is 0 Å². The highest BCUT2D eigenvalue weighted by Crippen LogP contribution is 2.37. The van der Waals surface area contributed by atoms with E-state index in [4.69, 9.17) is 4.74 Å². The van der Waals surface area contributed by atoms with Crippen LogP contribution in [0.5, 0.6) is 0 Å². The molecular formula is C20H29F3N2O3S. The molecule has 1 saturated heterocycles. The lowest BCUT2D eigenvalue weighted by molar-refractivity contribution is -0.137. The minimum Gasteiger partial charge on any atom is -0.377 e. The third-order valence-electron chi connectivity index (χ3n) is 5.82. The quantitative estimate of drug-likeness (QED) is 0.720. The normalized spacial score (nSPS) is 29.0. The number of hydrogen-bond acceptors (Lipinski definition) is 4. The van der Waals surface area contributed by atoms with Gasteiger partial charge in [0.05, 0.1) is 24.5 Å². The molecule has 1 aromatic carbocycles. The summed E-state index contributed by atoms with van der Waals surface area (Å²) >= 11 is 0. The monoisotopic (exact) mass is 434 g/mol. The van der Waals surface area contributed by atoms with E-state index < -0.39 is 21.8 Å². The predicted octanol–water partition coefficient (Wildman–Crippen LogP) is 3.42. The lowest BCUT2D eigenvalue weighted by atomic mass is 9.82. The van der Waals surface area contributed by atoms with Gasteiger partial charge in [-0.15, -0.1) is 0 Å². The van der Waals surface area contributed by atoms with Crippen LogP contribution >= 0.6 is 0 Å². The van der Waals surface area contributed by atoms with E-state index >= 15 is 0 Å². The van der Waals surface area contributed by atoms with Crippen LogP contribution in [-0.2, 0) is 20.9 Å². The van der Waals surface area contributed by atoms with E-state index in [9.17, 15) is 21.6 Å². The topological polar surface area (TPSA) is 67.4 Å². The zero-order chi connectivity index (χ0) is 21.1. The molecule has 2 atom stereocenters. The lowest BCUT2D eigenvalue weighted by Crippen LogP contribution is -2.55. The lowest BCUT2D eigenvalue weighted by Gasteiger charge is -2.35. The Morgan fingerprint density at radius 1 is 1.17 bits per heavy atom. The Morgan fingerprint density at radius 2 is 1.90 bits per heavy atom. The average molecular weight is 435 g/mol. The second-order valence-electron chi connectivity index (χ2n) is 8.13. The van der Waals surface area contributed by atoms with Gasteiger partial charge < -0.3 is 10.1 Å². The second-order valence-corrected chi connectivity index (χ2v) is 9.91. The molecule has 1 aliphatic carbocycles. The van der Waals surface area contributed by atoms with E-state index in [1.807, 2.05) is 0 Å². The van der Waals surface area contributed by atoms with Crippen molar-refractivity contribution in [2.75, 3.05) is 19.4 Å². The van der Waals surface area contributed by atoms with Gasteiger partial charge in [0.25, 0.3) is 0 Å². The number of ether oxygens (including phenoxy) is 1. The molecule has 0 amide bonds. The molecule has 1 saturated carbocycles. The fraction of sp³-hybridized carbons (Fsp3) is 0.700. The summed E-state index contributed by atoms with van der Waals surface area (Å²) in [5.74, 6) is 0.115. The van der Waals surface area contributed by atoms with E-state index in [0.29, 0.717) is 6.61 Å². The third-order valence-corrected chi connectivity index (χ3v) is 6.55. The van der Waals surface area contributed by atoms with E-state index in [1.165, 1.54) is 12.1 Å². The van der Waals surface area contributed by atoms with Crippen molar-refractivity contribution in [3.8, 4) is 0 Å². The van der Waals surface area contributed by atoms with Gasteiger partial charge in [-0.2, -0.15) is 13.2 Å². The van der Waals surface area contributed by atoms with Crippen LogP contribution < -0.4 is 10.0 Å².